The van der Waals surface area contributed by atoms with E-state index in [1.54, 1.807) is 0 Å². The van der Waals surface area contributed by atoms with Crippen molar-refractivity contribution in [3.8, 4) is 11.1 Å². The van der Waals surface area contributed by atoms with Crippen LogP contribution in [0.25, 0.3) is 11.1 Å². The zero-order chi connectivity index (χ0) is 23.5. The zero-order valence-electron chi connectivity index (χ0n) is 20.5. The van der Waals surface area contributed by atoms with Crippen molar-refractivity contribution in [2.45, 2.75) is 85.5 Å². The first kappa shape index (κ1) is 24.4. The van der Waals surface area contributed by atoms with Gasteiger partial charge in [-0.05, 0) is 64.3 Å². The first-order valence-electron chi connectivity index (χ1n) is 11.8. The van der Waals surface area contributed by atoms with E-state index in [1.807, 2.05) is 27.7 Å². The molecular formula is C27H38N2O3. The highest BCUT2D eigenvalue weighted by atomic mass is 16.5. The van der Waals surface area contributed by atoms with Crippen LogP contribution in [-0.4, -0.2) is 39.7 Å². The highest BCUT2D eigenvalue weighted by Crippen LogP contribution is 2.40. The number of carboxylic acid groups (broad SMARTS) is 1. The van der Waals surface area contributed by atoms with E-state index in [0.29, 0.717) is 5.56 Å². The Morgan fingerprint density at radius 3 is 2.47 bits per heavy atom. The molecule has 2 aromatic rings. The Balaban J connectivity index is 2.17. The van der Waals surface area contributed by atoms with Crippen molar-refractivity contribution in [2.75, 3.05) is 13.1 Å². The number of aryl methyl sites for hydroxylation is 2. The van der Waals surface area contributed by atoms with Gasteiger partial charge in [0.1, 0.15) is 0 Å². The van der Waals surface area contributed by atoms with Gasteiger partial charge in [0.05, 0.1) is 5.60 Å². The van der Waals surface area contributed by atoms with Gasteiger partial charge in [-0.2, -0.15) is 0 Å². The lowest BCUT2D eigenvalue weighted by molar-refractivity contribution is -0.160. The minimum Gasteiger partial charge on any atom is -0.479 e. The second-order valence-electron chi connectivity index (χ2n) is 9.96. The van der Waals surface area contributed by atoms with Gasteiger partial charge < -0.3 is 9.84 Å². The number of aromatic nitrogens is 1. The standard InChI is InChI=1S/C27H38N2O3/c1-7-8-9-15-29-16-14-22-21(17-29)24(20-12-10-18(2)11-13-20)23(19(3)28-22)25(26(30)31)32-27(4,5)6/h10-13,25H,7-9,14-17H2,1-6H3,(H,30,31). The molecule has 0 radical (unpaired) electrons. The number of pyridine rings is 1. The molecule has 0 saturated heterocycles. The fourth-order valence-electron chi connectivity index (χ4n) is 4.50. The summed E-state index contributed by atoms with van der Waals surface area (Å²) in [6, 6.07) is 8.37. The molecular weight excluding hydrogens is 400 g/mol. The average molecular weight is 439 g/mol. The molecule has 0 bridgehead atoms. The molecule has 2 heterocycles. The third kappa shape index (κ3) is 5.76. The molecule has 5 heteroatoms. The van der Waals surface area contributed by atoms with E-state index in [4.69, 9.17) is 9.72 Å². The Hall–Kier alpha value is -2.24. The molecule has 1 aliphatic heterocycles. The average Bonchev–Trinajstić information content (AvgIpc) is 2.72. The smallest absolute Gasteiger partial charge is 0.337 e. The predicted octanol–water partition coefficient (Wildman–Crippen LogP) is 5.85. The topological polar surface area (TPSA) is 62.7 Å². The quantitative estimate of drug-likeness (QED) is 0.524. The normalized spacial score (nSPS) is 15.4. The van der Waals surface area contributed by atoms with Crippen molar-refractivity contribution in [3.05, 3.63) is 52.3 Å². The van der Waals surface area contributed by atoms with E-state index in [-0.39, 0.29) is 0 Å². The Morgan fingerprint density at radius 2 is 1.88 bits per heavy atom. The minimum atomic E-state index is -1.07. The Kier molecular flexibility index (Phi) is 7.73. The summed E-state index contributed by atoms with van der Waals surface area (Å²) in [4.78, 5) is 19.8. The summed E-state index contributed by atoms with van der Waals surface area (Å²) in [6.07, 6.45) is 3.43. The Morgan fingerprint density at radius 1 is 1.19 bits per heavy atom. The maximum Gasteiger partial charge on any atom is 0.337 e. The predicted molar refractivity (Wildman–Crippen MR) is 129 cm³/mol. The number of aliphatic carboxylic acids is 1. The summed E-state index contributed by atoms with van der Waals surface area (Å²) >= 11 is 0. The molecule has 1 aromatic heterocycles. The van der Waals surface area contributed by atoms with Crippen LogP contribution in [0.3, 0.4) is 0 Å². The van der Waals surface area contributed by atoms with Crippen molar-refractivity contribution in [2.24, 2.45) is 0 Å². The fraction of sp³-hybridized carbons (Fsp3) is 0.556. The highest BCUT2D eigenvalue weighted by molar-refractivity contribution is 5.82. The number of carboxylic acids is 1. The van der Waals surface area contributed by atoms with Crippen LogP contribution in [0, 0.1) is 13.8 Å². The van der Waals surface area contributed by atoms with E-state index in [1.165, 1.54) is 24.8 Å². The molecule has 0 amide bonds. The lowest BCUT2D eigenvalue weighted by Crippen LogP contribution is -2.34. The van der Waals surface area contributed by atoms with Gasteiger partial charge in [0.25, 0.3) is 0 Å². The van der Waals surface area contributed by atoms with Gasteiger partial charge in [0.15, 0.2) is 6.10 Å². The molecule has 32 heavy (non-hydrogen) atoms. The molecule has 0 fully saturated rings. The Labute approximate surface area is 192 Å². The van der Waals surface area contributed by atoms with Crippen molar-refractivity contribution < 1.29 is 14.6 Å². The van der Waals surface area contributed by atoms with Crippen LogP contribution in [0.15, 0.2) is 24.3 Å². The second-order valence-corrected chi connectivity index (χ2v) is 9.96. The van der Waals surface area contributed by atoms with Gasteiger partial charge in [0, 0.05) is 36.5 Å². The van der Waals surface area contributed by atoms with Crippen LogP contribution in [0.5, 0.6) is 0 Å². The molecule has 0 spiro atoms. The van der Waals surface area contributed by atoms with Crippen LogP contribution in [0.2, 0.25) is 0 Å². The monoisotopic (exact) mass is 438 g/mol. The molecule has 0 saturated carbocycles. The summed E-state index contributed by atoms with van der Waals surface area (Å²) in [7, 11) is 0. The third-order valence-electron chi connectivity index (χ3n) is 6.03. The van der Waals surface area contributed by atoms with E-state index >= 15 is 0 Å². The van der Waals surface area contributed by atoms with E-state index < -0.39 is 17.7 Å². The van der Waals surface area contributed by atoms with Gasteiger partial charge in [-0.15, -0.1) is 0 Å². The van der Waals surface area contributed by atoms with Gasteiger partial charge in [-0.3, -0.25) is 9.88 Å². The second kappa shape index (κ2) is 10.1. The van der Waals surface area contributed by atoms with E-state index in [9.17, 15) is 9.90 Å². The van der Waals surface area contributed by atoms with Crippen LogP contribution in [-0.2, 0) is 22.5 Å². The summed E-state index contributed by atoms with van der Waals surface area (Å²) in [5.41, 5.74) is 6.28. The lowest BCUT2D eigenvalue weighted by Gasteiger charge is -2.33. The summed E-state index contributed by atoms with van der Waals surface area (Å²) < 4.78 is 6.10. The molecule has 1 atom stereocenters. The molecule has 1 unspecified atom stereocenters. The van der Waals surface area contributed by atoms with Gasteiger partial charge in [-0.1, -0.05) is 49.6 Å². The molecule has 3 rings (SSSR count). The first-order valence-corrected chi connectivity index (χ1v) is 11.8. The number of hydrogen-bond donors (Lipinski definition) is 1. The number of ether oxygens (including phenoxy) is 1. The minimum absolute atomic E-state index is 0.595. The summed E-state index contributed by atoms with van der Waals surface area (Å²) in [5.74, 6) is -0.978. The van der Waals surface area contributed by atoms with Crippen molar-refractivity contribution in [1.82, 2.24) is 9.88 Å². The summed E-state index contributed by atoms with van der Waals surface area (Å²) in [6.45, 7) is 14.7. The third-order valence-corrected chi connectivity index (χ3v) is 6.03. The Bertz CT molecular complexity index is 945. The number of fused-ring (bicyclic) bond motifs is 1. The number of nitrogens with zero attached hydrogens (tertiary/aromatic N) is 2. The number of rotatable bonds is 8. The fourth-order valence-corrected chi connectivity index (χ4v) is 4.50. The van der Waals surface area contributed by atoms with Crippen LogP contribution >= 0.6 is 0 Å². The molecule has 1 aromatic carbocycles. The van der Waals surface area contributed by atoms with E-state index in [2.05, 4.69) is 43.0 Å². The number of unbranched alkanes of at least 4 members (excludes halogenated alkanes) is 2. The lowest BCUT2D eigenvalue weighted by atomic mass is 9.87. The van der Waals surface area contributed by atoms with Crippen LogP contribution < -0.4 is 0 Å². The largest absolute Gasteiger partial charge is 0.479 e. The molecule has 1 N–H and O–H groups in total. The highest BCUT2D eigenvalue weighted by Gasteiger charge is 2.34. The maximum absolute atomic E-state index is 12.4. The maximum atomic E-state index is 12.4. The van der Waals surface area contributed by atoms with Crippen LogP contribution in [0.1, 0.15) is 81.1 Å². The van der Waals surface area contributed by atoms with Crippen molar-refractivity contribution in [1.29, 1.82) is 0 Å². The number of benzene rings is 1. The van der Waals surface area contributed by atoms with Crippen LogP contribution in [0.4, 0.5) is 0 Å². The zero-order valence-corrected chi connectivity index (χ0v) is 20.5. The SMILES string of the molecule is CCCCCN1CCc2nc(C)c(C(OC(C)(C)C)C(=O)O)c(-c3ccc(C)cc3)c2C1. The molecule has 0 aliphatic carbocycles. The van der Waals surface area contributed by atoms with Gasteiger partial charge >= 0.3 is 5.97 Å². The number of carbonyl (C=O) groups is 1. The first-order chi connectivity index (χ1) is 15.1. The van der Waals surface area contributed by atoms with Gasteiger partial charge in [-0.25, -0.2) is 4.79 Å². The van der Waals surface area contributed by atoms with Crippen molar-refractivity contribution >= 4 is 5.97 Å². The molecule has 1 aliphatic rings. The van der Waals surface area contributed by atoms with Crippen molar-refractivity contribution in [3.63, 3.8) is 0 Å². The molecule has 5 nitrogen and oxygen atoms in total. The van der Waals surface area contributed by atoms with E-state index in [0.717, 1.165) is 54.1 Å². The number of hydrogen-bond acceptors (Lipinski definition) is 4. The van der Waals surface area contributed by atoms with Gasteiger partial charge in [0.2, 0.25) is 0 Å². The molecule has 174 valence electrons. The summed E-state index contributed by atoms with van der Waals surface area (Å²) in [5, 5.41) is 10.2.